The van der Waals surface area contributed by atoms with Crippen molar-refractivity contribution in [2.24, 2.45) is 0 Å². The van der Waals surface area contributed by atoms with Gasteiger partial charge in [-0.2, -0.15) is 11.8 Å². The molecule has 1 aromatic heterocycles. The van der Waals surface area contributed by atoms with E-state index in [1.807, 2.05) is 6.26 Å². The van der Waals surface area contributed by atoms with Crippen molar-refractivity contribution in [1.29, 1.82) is 0 Å². The van der Waals surface area contributed by atoms with E-state index in [9.17, 15) is 9.59 Å². The first kappa shape index (κ1) is 15.2. The van der Waals surface area contributed by atoms with Gasteiger partial charge in [0.05, 0.1) is 0 Å². The minimum Gasteiger partial charge on any atom is -0.480 e. The lowest BCUT2D eigenvalue weighted by Gasteiger charge is -2.12. The number of amides is 1. The number of rotatable bonds is 7. The number of hydrogen-bond donors (Lipinski definition) is 2. The van der Waals surface area contributed by atoms with E-state index in [1.54, 1.807) is 42.4 Å². The minimum atomic E-state index is -1.02. The van der Waals surface area contributed by atoms with Gasteiger partial charge in [-0.25, -0.2) is 4.79 Å². The van der Waals surface area contributed by atoms with Gasteiger partial charge < -0.3 is 10.4 Å². The predicted molar refractivity (Wildman–Crippen MR) is 75.8 cm³/mol. The zero-order valence-electron chi connectivity index (χ0n) is 10.6. The molecular formula is C13H16N2O3S. The Labute approximate surface area is 116 Å². The topological polar surface area (TPSA) is 79.3 Å². The lowest BCUT2D eigenvalue weighted by atomic mass is 10.2. The van der Waals surface area contributed by atoms with E-state index in [0.29, 0.717) is 12.2 Å². The molecule has 1 aromatic rings. The van der Waals surface area contributed by atoms with Gasteiger partial charge in [0, 0.05) is 18.5 Å². The fourth-order valence-corrected chi connectivity index (χ4v) is 1.83. The second-order valence-electron chi connectivity index (χ2n) is 3.80. The summed E-state index contributed by atoms with van der Waals surface area (Å²) < 4.78 is 0. The molecule has 1 amide bonds. The quantitative estimate of drug-likeness (QED) is 0.738. The molecule has 2 N–H and O–H groups in total. The number of nitrogens with one attached hydrogen (secondary N) is 1. The maximum absolute atomic E-state index is 11.6. The highest BCUT2D eigenvalue weighted by Gasteiger charge is 2.17. The van der Waals surface area contributed by atoms with E-state index in [-0.39, 0.29) is 0 Å². The summed E-state index contributed by atoms with van der Waals surface area (Å²) in [6, 6.07) is 2.72. The van der Waals surface area contributed by atoms with E-state index in [1.165, 1.54) is 6.08 Å². The molecular weight excluding hydrogens is 264 g/mol. The van der Waals surface area contributed by atoms with E-state index < -0.39 is 17.9 Å². The third kappa shape index (κ3) is 6.05. The molecule has 0 aliphatic heterocycles. The Bertz CT molecular complexity index is 448. The van der Waals surface area contributed by atoms with Gasteiger partial charge in [0.25, 0.3) is 0 Å². The van der Waals surface area contributed by atoms with Gasteiger partial charge in [0.1, 0.15) is 6.04 Å². The first-order chi connectivity index (χ1) is 9.13. The van der Waals surface area contributed by atoms with Crippen LogP contribution in [0.1, 0.15) is 12.0 Å². The second kappa shape index (κ2) is 8.31. The zero-order chi connectivity index (χ0) is 14.1. The van der Waals surface area contributed by atoms with Crippen molar-refractivity contribution in [3.63, 3.8) is 0 Å². The first-order valence-electron chi connectivity index (χ1n) is 5.74. The summed E-state index contributed by atoms with van der Waals surface area (Å²) in [6.45, 7) is 0. The number of aliphatic carboxylic acids is 1. The number of pyridine rings is 1. The molecule has 0 aliphatic carbocycles. The van der Waals surface area contributed by atoms with Crippen molar-refractivity contribution in [3.8, 4) is 0 Å². The summed E-state index contributed by atoms with van der Waals surface area (Å²) in [5.41, 5.74) is 0.786. The van der Waals surface area contributed by atoms with Gasteiger partial charge in [0.2, 0.25) is 5.91 Å². The molecule has 0 aromatic carbocycles. The molecule has 0 saturated heterocycles. The third-order valence-corrected chi connectivity index (χ3v) is 2.98. The van der Waals surface area contributed by atoms with Crippen LogP contribution in [0.4, 0.5) is 0 Å². The van der Waals surface area contributed by atoms with Gasteiger partial charge in [0.15, 0.2) is 0 Å². The molecule has 1 heterocycles. The molecule has 5 nitrogen and oxygen atoms in total. The van der Waals surface area contributed by atoms with E-state index >= 15 is 0 Å². The van der Waals surface area contributed by atoms with Crippen LogP contribution in [0.25, 0.3) is 6.08 Å². The minimum absolute atomic E-state index is 0.406. The highest BCUT2D eigenvalue weighted by atomic mass is 32.2. The number of carbonyl (C=O) groups excluding carboxylic acids is 1. The highest BCUT2D eigenvalue weighted by molar-refractivity contribution is 7.98. The molecule has 0 aliphatic rings. The normalized spacial score (nSPS) is 12.3. The third-order valence-electron chi connectivity index (χ3n) is 2.34. The van der Waals surface area contributed by atoms with Crippen molar-refractivity contribution in [2.45, 2.75) is 12.5 Å². The van der Waals surface area contributed by atoms with E-state index in [2.05, 4.69) is 10.3 Å². The standard InChI is InChI=1S/C13H16N2O3S/c1-19-8-6-11(13(17)18)15-12(16)5-4-10-3-2-7-14-9-10/h2-5,7,9,11H,6,8H2,1H3,(H,15,16)(H,17,18)/b5-4+/t11-/m0/s1. The van der Waals surface area contributed by atoms with Gasteiger partial charge in [-0.1, -0.05) is 6.07 Å². The average molecular weight is 280 g/mol. The second-order valence-corrected chi connectivity index (χ2v) is 4.79. The molecule has 0 bridgehead atoms. The van der Waals surface area contributed by atoms with Crippen LogP contribution in [0.3, 0.4) is 0 Å². The lowest BCUT2D eigenvalue weighted by molar-refractivity contribution is -0.141. The Hall–Kier alpha value is -1.82. The number of carbonyl (C=O) groups is 2. The maximum Gasteiger partial charge on any atom is 0.326 e. The molecule has 0 fully saturated rings. The van der Waals surface area contributed by atoms with Crippen LogP contribution in [0, 0.1) is 0 Å². The number of aromatic nitrogens is 1. The molecule has 1 rings (SSSR count). The van der Waals surface area contributed by atoms with E-state index in [0.717, 1.165) is 5.56 Å². The van der Waals surface area contributed by atoms with Crippen LogP contribution in [0.15, 0.2) is 30.6 Å². The molecule has 0 radical (unpaired) electrons. The van der Waals surface area contributed by atoms with Crippen molar-refractivity contribution < 1.29 is 14.7 Å². The Kier molecular flexibility index (Phi) is 6.67. The Morgan fingerprint density at radius 2 is 2.37 bits per heavy atom. The summed E-state index contributed by atoms with van der Waals surface area (Å²) in [5, 5.41) is 11.4. The summed E-state index contributed by atoms with van der Waals surface area (Å²) in [5.74, 6) is -0.752. The van der Waals surface area contributed by atoms with Crippen molar-refractivity contribution in [2.75, 3.05) is 12.0 Å². The smallest absolute Gasteiger partial charge is 0.326 e. The molecule has 0 unspecified atom stereocenters. The molecule has 0 spiro atoms. The van der Waals surface area contributed by atoms with Gasteiger partial charge in [-0.05, 0) is 36.1 Å². The summed E-state index contributed by atoms with van der Waals surface area (Å²) >= 11 is 1.54. The number of hydrogen-bond acceptors (Lipinski definition) is 4. The number of carboxylic acids is 1. The van der Waals surface area contributed by atoms with Crippen LogP contribution in [-0.4, -0.2) is 40.0 Å². The maximum atomic E-state index is 11.6. The van der Waals surface area contributed by atoms with Crippen LogP contribution in [0.2, 0.25) is 0 Å². The first-order valence-corrected chi connectivity index (χ1v) is 7.13. The zero-order valence-corrected chi connectivity index (χ0v) is 11.4. The SMILES string of the molecule is CSCC[C@H](NC(=O)/C=C/c1cccnc1)C(=O)O. The van der Waals surface area contributed by atoms with Crippen LogP contribution >= 0.6 is 11.8 Å². The fraction of sp³-hybridized carbons (Fsp3) is 0.308. The number of thioether (sulfide) groups is 1. The molecule has 102 valence electrons. The van der Waals surface area contributed by atoms with Crippen molar-refractivity contribution in [3.05, 3.63) is 36.2 Å². The molecule has 1 atom stereocenters. The van der Waals surface area contributed by atoms with Crippen LogP contribution in [0.5, 0.6) is 0 Å². The van der Waals surface area contributed by atoms with Crippen molar-refractivity contribution >= 4 is 29.7 Å². The van der Waals surface area contributed by atoms with Crippen LogP contribution in [-0.2, 0) is 9.59 Å². The lowest BCUT2D eigenvalue weighted by Crippen LogP contribution is -2.40. The summed E-state index contributed by atoms with van der Waals surface area (Å²) in [4.78, 5) is 26.5. The molecule has 19 heavy (non-hydrogen) atoms. The van der Waals surface area contributed by atoms with Crippen molar-refractivity contribution in [1.82, 2.24) is 10.3 Å². The van der Waals surface area contributed by atoms with E-state index in [4.69, 9.17) is 5.11 Å². The van der Waals surface area contributed by atoms with Crippen LogP contribution < -0.4 is 5.32 Å². The van der Waals surface area contributed by atoms with Gasteiger partial charge >= 0.3 is 5.97 Å². The van der Waals surface area contributed by atoms with Gasteiger partial charge in [-0.15, -0.1) is 0 Å². The Morgan fingerprint density at radius 1 is 1.58 bits per heavy atom. The average Bonchev–Trinajstić information content (AvgIpc) is 2.42. The predicted octanol–water partition coefficient (Wildman–Crippen LogP) is 1.42. The Balaban J connectivity index is 2.53. The summed E-state index contributed by atoms with van der Waals surface area (Å²) in [7, 11) is 0. The van der Waals surface area contributed by atoms with Gasteiger partial charge in [-0.3, -0.25) is 9.78 Å². The number of carboxylic acid groups (broad SMARTS) is 1. The summed E-state index contributed by atoms with van der Waals surface area (Å²) in [6.07, 6.45) is 8.46. The highest BCUT2D eigenvalue weighted by Crippen LogP contribution is 2.02. The molecule has 0 saturated carbocycles. The molecule has 6 heteroatoms. The number of nitrogens with zero attached hydrogens (tertiary/aromatic N) is 1. The fourth-order valence-electron chi connectivity index (χ4n) is 1.36. The Morgan fingerprint density at radius 3 is 2.95 bits per heavy atom. The largest absolute Gasteiger partial charge is 0.480 e. The monoisotopic (exact) mass is 280 g/mol.